The molecule has 0 bridgehead atoms. The van der Waals surface area contributed by atoms with Crippen molar-refractivity contribution in [1.82, 2.24) is 14.9 Å². The van der Waals surface area contributed by atoms with E-state index in [4.69, 9.17) is 4.98 Å². The van der Waals surface area contributed by atoms with Crippen molar-refractivity contribution in [2.75, 3.05) is 5.75 Å². The average molecular weight is 434 g/mol. The van der Waals surface area contributed by atoms with E-state index in [0.29, 0.717) is 11.7 Å². The second kappa shape index (κ2) is 8.80. The summed E-state index contributed by atoms with van der Waals surface area (Å²) in [5.74, 6) is 0.703. The fourth-order valence-electron chi connectivity index (χ4n) is 4.38. The van der Waals surface area contributed by atoms with E-state index in [9.17, 15) is 9.59 Å². The van der Waals surface area contributed by atoms with Crippen molar-refractivity contribution in [3.63, 3.8) is 0 Å². The Balaban J connectivity index is 1.67. The summed E-state index contributed by atoms with van der Waals surface area (Å²) in [6, 6.07) is 0.360. The zero-order valence-electron chi connectivity index (χ0n) is 17.6. The molecule has 0 radical (unpaired) electrons. The summed E-state index contributed by atoms with van der Waals surface area (Å²) in [6.07, 6.45) is 8.81. The molecule has 5 nitrogen and oxygen atoms in total. The number of carbonyl (C=O) groups is 1. The number of aryl methyl sites for hydroxylation is 2. The summed E-state index contributed by atoms with van der Waals surface area (Å²) in [7, 11) is 0. The normalized spacial score (nSPS) is 18.3. The number of nitrogens with zero attached hydrogens (tertiary/aromatic N) is 2. The topological polar surface area (TPSA) is 64.0 Å². The highest BCUT2D eigenvalue weighted by Gasteiger charge is 2.27. The maximum absolute atomic E-state index is 13.6. The average Bonchev–Trinajstić information content (AvgIpc) is 3.33. The zero-order chi connectivity index (χ0) is 20.5. The van der Waals surface area contributed by atoms with Gasteiger partial charge >= 0.3 is 0 Å². The van der Waals surface area contributed by atoms with Crippen LogP contribution in [0.5, 0.6) is 0 Å². The fraction of sp³-hybridized carbons (Fsp3) is 0.682. The summed E-state index contributed by atoms with van der Waals surface area (Å²) < 4.78 is 1.93. The molecular formula is C22H31N3O2S2. The molecule has 1 amide bonds. The SMILES string of the molecule is CC(C)[C@@H](C)NC(=O)CSc1nc2sc3c(c2c(=O)n1C1CCCC1)CCCC3. The maximum atomic E-state index is 13.6. The minimum absolute atomic E-state index is 0.00833. The van der Waals surface area contributed by atoms with Crippen LogP contribution < -0.4 is 10.9 Å². The molecule has 7 heteroatoms. The molecule has 29 heavy (non-hydrogen) atoms. The summed E-state index contributed by atoms with van der Waals surface area (Å²) >= 11 is 3.11. The maximum Gasteiger partial charge on any atom is 0.263 e. The Bertz CT molecular complexity index is 957. The molecule has 0 spiro atoms. The first-order valence-electron chi connectivity index (χ1n) is 10.9. The second-order valence-electron chi connectivity index (χ2n) is 8.79. The lowest BCUT2D eigenvalue weighted by atomic mass is 9.97. The van der Waals surface area contributed by atoms with Crippen molar-refractivity contribution < 1.29 is 4.79 Å². The van der Waals surface area contributed by atoms with Crippen LogP contribution in [0.3, 0.4) is 0 Å². The van der Waals surface area contributed by atoms with E-state index in [1.165, 1.54) is 28.6 Å². The van der Waals surface area contributed by atoms with Crippen LogP contribution in [-0.4, -0.2) is 27.3 Å². The molecular weight excluding hydrogens is 402 g/mol. The van der Waals surface area contributed by atoms with Crippen molar-refractivity contribution in [1.29, 1.82) is 0 Å². The van der Waals surface area contributed by atoms with Crippen LogP contribution in [0.25, 0.3) is 10.2 Å². The summed E-state index contributed by atoms with van der Waals surface area (Å²) in [6.45, 7) is 6.23. The Morgan fingerprint density at radius 2 is 1.93 bits per heavy atom. The van der Waals surface area contributed by atoms with E-state index in [-0.39, 0.29) is 23.6 Å². The third-order valence-electron chi connectivity index (χ3n) is 6.40. The molecule has 2 aliphatic rings. The highest BCUT2D eigenvalue weighted by atomic mass is 32.2. The van der Waals surface area contributed by atoms with Gasteiger partial charge in [0, 0.05) is 17.0 Å². The first-order valence-corrected chi connectivity index (χ1v) is 12.7. The van der Waals surface area contributed by atoms with Gasteiger partial charge in [-0.1, -0.05) is 38.5 Å². The van der Waals surface area contributed by atoms with Gasteiger partial charge in [-0.25, -0.2) is 4.98 Å². The predicted molar refractivity (Wildman–Crippen MR) is 121 cm³/mol. The van der Waals surface area contributed by atoms with Crippen LogP contribution in [0.1, 0.15) is 75.8 Å². The van der Waals surface area contributed by atoms with E-state index in [1.54, 1.807) is 11.3 Å². The highest BCUT2D eigenvalue weighted by molar-refractivity contribution is 7.99. The summed E-state index contributed by atoms with van der Waals surface area (Å²) in [5, 5.41) is 4.64. The van der Waals surface area contributed by atoms with Gasteiger partial charge in [-0.2, -0.15) is 0 Å². The van der Waals surface area contributed by atoms with E-state index >= 15 is 0 Å². The standard InChI is InChI=1S/C22H31N3O2S2/c1-13(2)14(3)23-18(26)12-28-22-24-20-19(16-10-6-7-11-17(16)29-20)21(27)25(22)15-8-4-5-9-15/h13-15H,4-12H2,1-3H3,(H,23,26)/t14-/m1/s1. The van der Waals surface area contributed by atoms with Crippen molar-refractivity contribution >= 4 is 39.2 Å². The Kier molecular flexibility index (Phi) is 6.35. The van der Waals surface area contributed by atoms with Crippen molar-refractivity contribution in [3.8, 4) is 0 Å². The van der Waals surface area contributed by atoms with Gasteiger partial charge in [-0.05, 0) is 56.9 Å². The van der Waals surface area contributed by atoms with Crippen LogP contribution in [0.15, 0.2) is 9.95 Å². The highest BCUT2D eigenvalue weighted by Crippen LogP contribution is 2.37. The number of carbonyl (C=O) groups excluding carboxylic acids is 1. The summed E-state index contributed by atoms with van der Waals surface area (Å²) in [5.41, 5.74) is 1.38. The van der Waals surface area contributed by atoms with Crippen LogP contribution in [-0.2, 0) is 17.6 Å². The quantitative estimate of drug-likeness (QED) is 0.529. The number of hydrogen-bond acceptors (Lipinski definition) is 5. The van der Waals surface area contributed by atoms with E-state index in [2.05, 4.69) is 19.2 Å². The second-order valence-corrected chi connectivity index (χ2v) is 10.8. The molecule has 1 fully saturated rings. The van der Waals surface area contributed by atoms with Crippen LogP contribution in [0.2, 0.25) is 0 Å². The van der Waals surface area contributed by atoms with Crippen LogP contribution >= 0.6 is 23.1 Å². The van der Waals surface area contributed by atoms with Gasteiger partial charge in [-0.3, -0.25) is 14.2 Å². The van der Waals surface area contributed by atoms with Crippen LogP contribution in [0, 0.1) is 5.92 Å². The van der Waals surface area contributed by atoms with E-state index < -0.39 is 0 Å². The molecule has 2 heterocycles. The number of hydrogen-bond donors (Lipinski definition) is 1. The first kappa shape index (κ1) is 20.9. The lowest BCUT2D eigenvalue weighted by molar-refractivity contribution is -0.119. The lowest BCUT2D eigenvalue weighted by Gasteiger charge is -2.19. The van der Waals surface area contributed by atoms with Gasteiger partial charge in [0.15, 0.2) is 5.16 Å². The van der Waals surface area contributed by atoms with Gasteiger partial charge in [0.05, 0.1) is 11.1 Å². The molecule has 0 aromatic carbocycles. The smallest absolute Gasteiger partial charge is 0.263 e. The third-order valence-corrected chi connectivity index (χ3v) is 8.54. The van der Waals surface area contributed by atoms with E-state index in [0.717, 1.165) is 60.3 Å². The van der Waals surface area contributed by atoms with Gasteiger partial charge in [0.25, 0.3) is 5.56 Å². The Morgan fingerprint density at radius 3 is 2.66 bits per heavy atom. The number of amides is 1. The first-order chi connectivity index (χ1) is 14.0. The Morgan fingerprint density at radius 1 is 1.21 bits per heavy atom. The molecule has 2 aromatic heterocycles. The van der Waals surface area contributed by atoms with Crippen LogP contribution in [0.4, 0.5) is 0 Å². The number of rotatable bonds is 6. The third kappa shape index (κ3) is 4.26. The number of nitrogens with one attached hydrogen (secondary N) is 1. The largest absolute Gasteiger partial charge is 0.353 e. The molecule has 0 saturated heterocycles. The molecule has 2 aliphatic carbocycles. The Hall–Kier alpha value is -1.34. The molecule has 0 aliphatic heterocycles. The number of thiophene rings is 1. The monoisotopic (exact) mass is 433 g/mol. The zero-order valence-corrected chi connectivity index (χ0v) is 19.3. The number of thioether (sulfide) groups is 1. The molecule has 1 saturated carbocycles. The Labute approximate surface area is 180 Å². The predicted octanol–water partition coefficient (Wildman–Crippen LogP) is 4.70. The molecule has 0 unspecified atom stereocenters. The van der Waals surface area contributed by atoms with Gasteiger partial charge in [0.2, 0.25) is 5.91 Å². The van der Waals surface area contributed by atoms with Crippen molar-refractivity contribution in [3.05, 3.63) is 20.8 Å². The molecule has 1 atom stereocenters. The molecule has 1 N–H and O–H groups in total. The number of fused-ring (bicyclic) bond motifs is 3. The molecule has 2 aromatic rings. The fourth-order valence-corrected chi connectivity index (χ4v) is 6.56. The summed E-state index contributed by atoms with van der Waals surface area (Å²) in [4.78, 5) is 33.2. The minimum atomic E-state index is 0.00833. The number of aromatic nitrogens is 2. The molecule has 158 valence electrons. The van der Waals surface area contributed by atoms with Gasteiger partial charge < -0.3 is 5.32 Å². The van der Waals surface area contributed by atoms with Gasteiger partial charge in [0.1, 0.15) is 4.83 Å². The molecule has 4 rings (SSSR count). The minimum Gasteiger partial charge on any atom is -0.353 e. The van der Waals surface area contributed by atoms with Crippen molar-refractivity contribution in [2.45, 2.75) is 89.4 Å². The van der Waals surface area contributed by atoms with Crippen molar-refractivity contribution in [2.24, 2.45) is 5.92 Å². The van der Waals surface area contributed by atoms with Gasteiger partial charge in [-0.15, -0.1) is 11.3 Å². The van der Waals surface area contributed by atoms with E-state index in [1.807, 2.05) is 11.5 Å². The lowest BCUT2D eigenvalue weighted by Crippen LogP contribution is -2.37.